The summed E-state index contributed by atoms with van der Waals surface area (Å²) in [6.07, 6.45) is 1.12. The van der Waals surface area contributed by atoms with Gasteiger partial charge in [0.2, 0.25) is 5.91 Å². The zero-order valence-corrected chi connectivity index (χ0v) is 12.0. The van der Waals surface area contributed by atoms with Crippen LogP contribution in [-0.2, 0) is 4.79 Å². The molecule has 0 fully saturated rings. The predicted octanol–water partition coefficient (Wildman–Crippen LogP) is 3.97. The minimum atomic E-state index is -0.404. The quantitative estimate of drug-likeness (QED) is 0.682. The molecule has 6 nitrogen and oxygen atoms in total. The summed E-state index contributed by atoms with van der Waals surface area (Å²) in [5.74, 6) is -0.404. The van der Waals surface area contributed by atoms with Crippen LogP contribution in [0.2, 0.25) is 0 Å². The van der Waals surface area contributed by atoms with Gasteiger partial charge in [-0.2, -0.15) is 15.6 Å². The molecule has 0 atom stereocenters. The lowest BCUT2D eigenvalue weighted by Gasteiger charge is -2.04. The minimum Gasteiger partial charge on any atom is -0.321 e. The Morgan fingerprint density at radius 1 is 1.09 bits per heavy atom. The van der Waals surface area contributed by atoms with E-state index in [4.69, 9.17) is 10.5 Å². The number of carbonyl (C=O) groups excluding carboxylic acids is 1. The van der Waals surface area contributed by atoms with Gasteiger partial charge in [-0.25, -0.2) is 0 Å². The molecular weight excluding hydrogens is 290 g/mol. The molecule has 0 heterocycles. The van der Waals surface area contributed by atoms with Gasteiger partial charge >= 0.3 is 0 Å². The number of carbonyl (C=O) groups is 1. The highest BCUT2D eigenvalue weighted by Gasteiger charge is 2.06. The third-order valence-corrected chi connectivity index (χ3v) is 2.86. The molecule has 1 amide bonds. The Labute approximate surface area is 133 Å². The first kappa shape index (κ1) is 15.6. The number of anilines is 1. The van der Waals surface area contributed by atoms with Gasteiger partial charge in [-0.1, -0.05) is 18.7 Å². The molecule has 2 aromatic rings. The van der Waals surface area contributed by atoms with Gasteiger partial charge in [0.25, 0.3) is 0 Å². The second-order valence-corrected chi connectivity index (χ2v) is 4.36. The van der Waals surface area contributed by atoms with Crippen LogP contribution in [0.5, 0.6) is 0 Å². The van der Waals surface area contributed by atoms with E-state index >= 15 is 0 Å². The van der Waals surface area contributed by atoms with Crippen molar-refractivity contribution in [2.75, 3.05) is 5.32 Å². The topological polar surface area (TPSA) is 101 Å². The van der Waals surface area contributed by atoms with Crippen molar-refractivity contribution in [3.05, 3.63) is 66.2 Å². The highest BCUT2D eigenvalue weighted by Crippen LogP contribution is 2.25. The normalized spacial score (nSPS) is 9.83. The fourth-order valence-corrected chi connectivity index (χ4v) is 1.75. The van der Waals surface area contributed by atoms with Gasteiger partial charge in [0.15, 0.2) is 0 Å². The SMILES string of the molecule is C=CC(=O)Nc1ccc(N=Nc2ccccc2C#N)cc1C#N. The Morgan fingerprint density at radius 2 is 1.83 bits per heavy atom. The van der Waals surface area contributed by atoms with Crippen molar-refractivity contribution in [3.63, 3.8) is 0 Å². The maximum absolute atomic E-state index is 11.3. The molecule has 0 aliphatic carbocycles. The number of hydrogen-bond acceptors (Lipinski definition) is 5. The van der Waals surface area contributed by atoms with E-state index in [0.717, 1.165) is 6.08 Å². The maximum Gasteiger partial charge on any atom is 0.247 e. The molecule has 110 valence electrons. The Kier molecular flexibility index (Phi) is 4.96. The standard InChI is InChI=1S/C17H11N5O/c1-2-17(23)20-15-8-7-14(9-13(15)11-19)21-22-16-6-4-3-5-12(16)10-18/h2-9H,1H2,(H,20,23). The first-order valence-corrected chi connectivity index (χ1v) is 6.56. The molecule has 2 rings (SSSR count). The van der Waals surface area contributed by atoms with Crippen LogP contribution in [0.4, 0.5) is 17.1 Å². The van der Waals surface area contributed by atoms with E-state index in [2.05, 4.69) is 22.1 Å². The van der Waals surface area contributed by atoms with Crippen LogP contribution < -0.4 is 5.32 Å². The lowest BCUT2D eigenvalue weighted by Crippen LogP contribution is -2.08. The zero-order chi connectivity index (χ0) is 16.7. The van der Waals surface area contributed by atoms with E-state index in [1.54, 1.807) is 36.4 Å². The minimum absolute atomic E-state index is 0.255. The summed E-state index contributed by atoms with van der Waals surface area (Å²) in [4.78, 5) is 11.3. The molecule has 0 bridgehead atoms. The number of azo groups is 1. The fourth-order valence-electron chi connectivity index (χ4n) is 1.75. The Morgan fingerprint density at radius 3 is 2.52 bits per heavy atom. The van der Waals surface area contributed by atoms with E-state index in [1.807, 2.05) is 12.1 Å². The van der Waals surface area contributed by atoms with Crippen LogP contribution in [0.3, 0.4) is 0 Å². The second-order valence-electron chi connectivity index (χ2n) is 4.36. The second kappa shape index (κ2) is 7.30. The van der Waals surface area contributed by atoms with Crippen LogP contribution in [0.15, 0.2) is 65.3 Å². The Balaban J connectivity index is 2.30. The van der Waals surface area contributed by atoms with Gasteiger partial charge in [0, 0.05) is 0 Å². The van der Waals surface area contributed by atoms with Crippen molar-refractivity contribution in [1.29, 1.82) is 10.5 Å². The van der Waals surface area contributed by atoms with Gasteiger partial charge in [0.1, 0.15) is 17.8 Å². The molecule has 0 saturated heterocycles. The van der Waals surface area contributed by atoms with E-state index < -0.39 is 5.91 Å². The monoisotopic (exact) mass is 301 g/mol. The molecule has 0 aliphatic heterocycles. The molecule has 6 heteroatoms. The van der Waals surface area contributed by atoms with Gasteiger partial charge in [-0.05, 0) is 36.4 Å². The highest BCUT2D eigenvalue weighted by molar-refractivity contribution is 5.99. The molecule has 0 spiro atoms. The number of nitrogens with zero attached hydrogens (tertiary/aromatic N) is 4. The van der Waals surface area contributed by atoms with Crippen molar-refractivity contribution in [2.24, 2.45) is 10.2 Å². The number of nitriles is 2. The van der Waals surface area contributed by atoms with Crippen molar-refractivity contribution >= 4 is 23.0 Å². The molecule has 2 aromatic carbocycles. The highest BCUT2D eigenvalue weighted by atomic mass is 16.1. The summed E-state index contributed by atoms with van der Waals surface area (Å²) in [6.45, 7) is 3.35. The van der Waals surface area contributed by atoms with Crippen LogP contribution in [-0.4, -0.2) is 5.91 Å². The van der Waals surface area contributed by atoms with Gasteiger partial charge in [-0.3, -0.25) is 4.79 Å². The number of rotatable bonds is 4. The van der Waals surface area contributed by atoms with E-state index in [1.165, 1.54) is 6.07 Å². The molecule has 23 heavy (non-hydrogen) atoms. The van der Waals surface area contributed by atoms with Crippen LogP contribution in [0.25, 0.3) is 0 Å². The third kappa shape index (κ3) is 3.87. The molecule has 0 aromatic heterocycles. The van der Waals surface area contributed by atoms with Gasteiger partial charge < -0.3 is 5.32 Å². The van der Waals surface area contributed by atoms with Crippen molar-refractivity contribution in [1.82, 2.24) is 0 Å². The van der Waals surface area contributed by atoms with Crippen LogP contribution in [0, 0.1) is 22.7 Å². The zero-order valence-electron chi connectivity index (χ0n) is 12.0. The Bertz CT molecular complexity index is 871. The largest absolute Gasteiger partial charge is 0.321 e. The predicted molar refractivity (Wildman–Crippen MR) is 85.3 cm³/mol. The van der Waals surface area contributed by atoms with E-state index in [-0.39, 0.29) is 5.56 Å². The molecule has 1 N–H and O–H groups in total. The smallest absolute Gasteiger partial charge is 0.247 e. The summed E-state index contributed by atoms with van der Waals surface area (Å²) in [7, 11) is 0. The summed E-state index contributed by atoms with van der Waals surface area (Å²) < 4.78 is 0. The van der Waals surface area contributed by atoms with Crippen molar-refractivity contribution in [2.45, 2.75) is 0 Å². The molecule has 0 aliphatic rings. The maximum atomic E-state index is 11.3. The van der Waals surface area contributed by atoms with Gasteiger partial charge in [-0.15, -0.1) is 5.11 Å². The van der Waals surface area contributed by atoms with Gasteiger partial charge in [0.05, 0.1) is 22.5 Å². The molecule has 0 radical (unpaired) electrons. The summed E-state index contributed by atoms with van der Waals surface area (Å²) in [5.41, 5.74) is 1.91. The summed E-state index contributed by atoms with van der Waals surface area (Å²) >= 11 is 0. The van der Waals surface area contributed by atoms with Crippen molar-refractivity contribution < 1.29 is 4.79 Å². The van der Waals surface area contributed by atoms with E-state index in [0.29, 0.717) is 22.6 Å². The van der Waals surface area contributed by atoms with Crippen molar-refractivity contribution in [3.8, 4) is 12.1 Å². The fraction of sp³-hybridized carbons (Fsp3) is 0. The summed E-state index contributed by atoms with van der Waals surface area (Å²) in [6, 6.07) is 15.5. The first-order chi connectivity index (χ1) is 11.2. The number of amides is 1. The molecule has 0 unspecified atom stereocenters. The van der Waals surface area contributed by atoms with Crippen LogP contribution >= 0.6 is 0 Å². The number of hydrogen-bond donors (Lipinski definition) is 1. The number of benzene rings is 2. The molecule has 0 saturated carbocycles. The van der Waals surface area contributed by atoms with Crippen LogP contribution in [0.1, 0.15) is 11.1 Å². The summed E-state index contributed by atoms with van der Waals surface area (Å²) in [5, 5.41) is 28.7. The third-order valence-electron chi connectivity index (χ3n) is 2.86. The average Bonchev–Trinajstić information content (AvgIpc) is 2.60. The Hall–Kier alpha value is -3.77. The lowest BCUT2D eigenvalue weighted by atomic mass is 10.1. The van der Waals surface area contributed by atoms with E-state index in [9.17, 15) is 4.79 Å². The number of nitrogens with one attached hydrogen (secondary N) is 1. The lowest BCUT2D eigenvalue weighted by molar-refractivity contribution is -0.111. The first-order valence-electron chi connectivity index (χ1n) is 6.56. The molecular formula is C17H11N5O. The average molecular weight is 301 g/mol.